The molecule has 6 heteroatoms. The summed E-state index contributed by atoms with van der Waals surface area (Å²) in [7, 11) is 4.56. The highest BCUT2D eigenvalue weighted by molar-refractivity contribution is 5.92. The number of amides is 1. The van der Waals surface area contributed by atoms with E-state index in [1.807, 2.05) is 12.1 Å². The summed E-state index contributed by atoms with van der Waals surface area (Å²) in [4.78, 5) is 25.6. The van der Waals surface area contributed by atoms with Crippen LogP contribution in [0.1, 0.15) is 18.4 Å². The van der Waals surface area contributed by atoms with E-state index in [0.717, 1.165) is 5.56 Å². The molecule has 0 aliphatic carbocycles. The van der Waals surface area contributed by atoms with E-state index in [9.17, 15) is 9.59 Å². The van der Waals surface area contributed by atoms with Gasteiger partial charge < -0.3 is 19.1 Å². The van der Waals surface area contributed by atoms with E-state index >= 15 is 0 Å². The highest BCUT2D eigenvalue weighted by Gasteiger charge is 2.26. The summed E-state index contributed by atoms with van der Waals surface area (Å²) >= 11 is 0. The largest absolute Gasteiger partial charge is 0.497 e. The van der Waals surface area contributed by atoms with E-state index in [4.69, 9.17) is 14.2 Å². The molecule has 1 aromatic rings. The molecule has 0 aromatic heterocycles. The first kappa shape index (κ1) is 17.8. The summed E-state index contributed by atoms with van der Waals surface area (Å²) in [5.74, 6) is 0.963. The van der Waals surface area contributed by atoms with Crippen LogP contribution < -0.4 is 9.47 Å². The van der Waals surface area contributed by atoms with Crippen LogP contribution >= 0.6 is 0 Å². The zero-order valence-corrected chi connectivity index (χ0v) is 14.3. The third-order valence-corrected chi connectivity index (χ3v) is 4.19. The molecule has 1 heterocycles. The summed E-state index contributed by atoms with van der Waals surface area (Å²) in [5, 5.41) is 0. The van der Waals surface area contributed by atoms with Crippen LogP contribution in [0.5, 0.6) is 11.5 Å². The van der Waals surface area contributed by atoms with E-state index < -0.39 is 0 Å². The van der Waals surface area contributed by atoms with Crippen LogP contribution in [0.15, 0.2) is 24.3 Å². The summed E-state index contributed by atoms with van der Waals surface area (Å²) < 4.78 is 15.2. The van der Waals surface area contributed by atoms with Crippen molar-refractivity contribution in [1.82, 2.24) is 4.90 Å². The van der Waals surface area contributed by atoms with Gasteiger partial charge in [0.05, 0.1) is 27.2 Å². The van der Waals surface area contributed by atoms with Gasteiger partial charge in [-0.15, -0.1) is 0 Å². The molecule has 1 amide bonds. The molecule has 0 saturated carbocycles. The van der Waals surface area contributed by atoms with Gasteiger partial charge in [0.25, 0.3) is 0 Å². The predicted octanol–water partition coefficient (Wildman–Crippen LogP) is 2.13. The van der Waals surface area contributed by atoms with Gasteiger partial charge in [-0.25, -0.2) is 0 Å². The van der Waals surface area contributed by atoms with E-state index in [-0.39, 0.29) is 17.8 Å². The molecular weight excluding hydrogens is 310 g/mol. The lowest BCUT2D eigenvalue weighted by Crippen LogP contribution is -2.39. The lowest BCUT2D eigenvalue weighted by atomic mass is 9.97. The molecular formula is C18H23NO5. The fraction of sp³-hybridized carbons (Fsp3) is 0.444. The van der Waals surface area contributed by atoms with E-state index in [1.165, 1.54) is 13.2 Å². The highest BCUT2D eigenvalue weighted by Crippen LogP contribution is 2.26. The van der Waals surface area contributed by atoms with Crippen molar-refractivity contribution < 1.29 is 23.8 Å². The second-order valence-electron chi connectivity index (χ2n) is 5.56. The molecule has 0 radical (unpaired) electrons. The molecule has 0 spiro atoms. The SMILES string of the molecule is COC(=O)C1CCN(C(=O)/C=C/c2ccc(OC)cc2OC)CC1. The van der Waals surface area contributed by atoms with Crippen molar-refractivity contribution in [2.45, 2.75) is 12.8 Å². The number of methoxy groups -OCH3 is 3. The monoisotopic (exact) mass is 333 g/mol. The summed E-state index contributed by atoms with van der Waals surface area (Å²) in [6.07, 6.45) is 4.53. The van der Waals surface area contributed by atoms with Crippen molar-refractivity contribution in [2.24, 2.45) is 5.92 Å². The van der Waals surface area contributed by atoms with Gasteiger partial charge in [-0.1, -0.05) is 0 Å². The van der Waals surface area contributed by atoms with E-state index in [2.05, 4.69) is 0 Å². The molecule has 0 bridgehead atoms. The maximum atomic E-state index is 12.3. The van der Waals surface area contributed by atoms with Crippen LogP contribution in [-0.2, 0) is 14.3 Å². The Balaban J connectivity index is 1.98. The van der Waals surface area contributed by atoms with Crippen molar-refractivity contribution in [3.8, 4) is 11.5 Å². The number of nitrogens with zero attached hydrogens (tertiary/aromatic N) is 1. The molecule has 130 valence electrons. The van der Waals surface area contributed by atoms with Gasteiger partial charge in [-0.2, -0.15) is 0 Å². The molecule has 1 aromatic carbocycles. The number of carbonyl (C=O) groups excluding carboxylic acids is 2. The molecule has 1 saturated heterocycles. The quantitative estimate of drug-likeness (QED) is 0.610. The van der Waals surface area contributed by atoms with Gasteiger partial charge in [-0.05, 0) is 31.1 Å². The average molecular weight is 333 g/mol. The van der Waals surface area contributed by atoms with Gasteiger partial charge in [0.1, 0.15) is 11.5 Å². The molecule has 1 aliphatic rings. The lowest BCUT2D eigenvalue weighted by Gasteiger charge is -2.29. The van der Waals surface area contributed by atoms with Gasteiger partial charge in [0.2, 0.25) is 5.91 Å². The van der Waals surface area contributed by atoms with Crippen molar-refractivity contribution in [2.75, 3.05) is 34.4 Å². The fourth-order valence-electron chi connectivity index (χ4n) is 2.72. The standard InChI is InChI=1S/C18H23NO5/c1-22-15-6-4-13(16(12-15)23-2)5-7-17(20)19-10-8-14(9-11-19)18(21)24-3/h4-7,12,14H,8-11H2,1-3H3/b7-5+. The minimum absolute atomic E-state index is 0.0730. The van der Waals surface area contributed by atoms with Gasteiger partial charge in [0, 0.05) is 30.8 Å². The Morgan fingerprint density at radius 1 is 1.12 bits per heavy atom. The minimum atomic E-state index is -0.194. The zero-order chi connectivity index (χ0) is 17.5. The molecule has 1 aliphatic heterocycles. The number of piperidine rings is 1. The molecule has 2 rings (SSSR count). The van der Waals surface area contributed by atoms with Crippen molar-refractivity contribution >= 4 is 18.0 Å². The van der Waals surface area contributed by atoms with Gasteiger partial charge >= 0.3 is 5.97 Å². The Bertz CT molecular complexity index is 618. The van der Waals surface area contributed by atoms with Crippen LogP contribution in [0.2, 0.25) is 0 Å². The van der Waals surface area contributed by atoms with Crippen molar-refractivity contribution in [3.63, 3.8) is 0 Å². The second-order valence-corrected chi connectivity index (χ2v) is 5.56. The number of hydrogen-bond acceptors (Lipinski definition) is 5. The topological polar surface area (TPSA) is 65.1 Å². The van der Waals surface area contributed by atoms with Crippen LogP contribution in [0.4, 0.5) is 0 Å². The third-order valence-electron chi connectivity index (χ3n) is 4.19. The number of ether oxygens (including phenoxy) is 3. The smallest absolute Gasteiger partial charge is 0.308 e. The second kappa shape index (κ2) is 8.38. The molecule has 1 fully saturated rings. The Labute approximate surface area is 142 Å². The summed E-state index contributed by atoms with van der Waals surface area (Å²) in [6, 6.07) is 5.42. The van der Waals surface area contributed by atoms with Crippen molar-refractivity contribution in [1.29, 1.82) is 0 Å². The van der Waals surface area contributed by atoms with E-state index in [1.54, 1.807) is 31.3 Å². The minimum Gasteiger partial charge on any atom is -0.497 e. The number of hydrogen-bond donors (Lipinski definition) is 0. The first-order valence-corrected chi connectivity index (χ1v) is 7.86. The van der Waals surface area contributed by atoms with Gasteiger partial charge in [0.15, 0.2) is 0 Å². The highest BCUT2D eigenvalue weighted by atomic mass is 16.5. The van der Waals surface area contributed by atoms with Gasteiger partial charge in [-0.3, -0.25) is 9.59 Å². The zero-order valence-electron chi connectivity index (χ0n) is 14.3. The summed E-state index contributed by atoms with van der Waals surface area (Å²) in [6.45, 7) is 1.12. The molecule has 24 heavy (non-hydrogen) atoms. The number of carbonyl (C=O) groups is 2. The number of rotatable bonds is 5. The fourth-order valence-corrected chi connectivity index (χ4v) is 2.72. The normalized spacial score (nSPS) is 15.4. The molecule has 0 N–H and O–H groups in total. The molecule has 0 atom stereocenters. The van der Waals surface area contributed by atoms with Crippen LogP contribution in [0.3, 0.4) is 0 Å². The Morgan fingerprint density at radius 2 is 1.83 bits per heavy atom. The Kier molecular flexibility index (Phi) is 6.23. The average Bonchev–Trinajstić information content (AvgIpc) is 2.65. The molecule has 0 unspecified atom stereocenters. The number of benzene rings is 1. The maximum absolute atomic E-state index is 12.3. The summed E-state index contributed by atoms with van der Waals surface area (Å²) in [5.41, 5.74) is 0.802. The maximum Gasteiger partial charge on any atom is 0.308 e. The Hall–Kier alpha value is -2.50. The van der Waals surface area contributed by atoms with Crippen molar-refractivity contribution in [3.05, 3.63) is 29.8 Å². The lowest BCUT2D eigenvalue weighted by molar-refractivity contribution is -0.148. The first-order valence-electron chi connectivity index (χ1n) is 7.86. The van der Waals surface area contributed by atoms with E-state index in [0.29, 0.717) is 37.4 Å². The van der Waals surface area contributed by atoms with Crippen LogP contribution in [0.25, 0.3) is 6.08 Å². The number of likely N-dealkylation sites (tertiary alicyclic amines) is 1. The number of esters is 1. The first-order chi connectivity index (χ1) is 11.6. The van der Waals surface area contributed by atoms with Crippen LogP contribution in [-0.4, -0.2) is 51.2 Å². The third kappa shape index (κ3) is 4.28. The van der Waals surface area contributed by atoms with Crippen LogP contribution in [0, 0.1) is 5.92 Å². The Morgan fingerprint density at radius 3 is 2.42 bits per heavy atom. The molecule has 6 nitrogen and oxygen atoms in total. The predicted molar refractivity (Wildman–Crippen MR) is 89.9 cm³/mol.